The summed E-state index contributed by atoms with van der Waals surface area (Å²) in [5, 5.41) is 0. The molecule has 2 fully saturated rings. The molecular weight excluding hydrogens is 220 g/mol. The fourth-order valence-electron chi connectivity index (χ4n) is 3.82. The number of piperidine rings is 1. The van der Waals surface area contributed by atoms with Gasteiger partial charge in [-0.25, -0.2) is 0 Å². The summed E-state index contributed by atoms with van der Waals surface area (Å²) < 4.78 is 19.3. The van der Waals surface area contributed by atoms with Gasteiger partial charge < -0.3 is 0 Å². The lowest BCUT2D eigenvalue weighted by molar-refractivity contribution is 0.104. The molecule has 0 bridgehead atoms. The van der Waals surface area contributed by atoms with Gasteiger partial charge in [0.25, 0.3) is 0 Å². The Hall–Kier alpha value is -0.0900. The second-order valence-electron chi connectivity index (χ2n) is 6.86. The molecule has 0 spiro atoms. The molecule has 1 N–H and O–H groups in total. The maximum absolute atomic E-state index is 11.7. The highest BCUT2D eigenvalue weighted by molar-refractivity contribution is 7.91. The van der Waals surface area contributed by atoms with Crippen LogP contribution in [0.3, 0.4) is 0 Å². The van der Waals surface area contributed by atoms with Crippen LogP contribution in [0.15, 0.2) is 0 Å². The number of rotatable bonds is 2. The number of nitrogens with zero attached hydrogens (tertiary/aromatic N) is 1. The monoisotopic (exact) mass is 244 g/mol. The summed E-state index contributed by atoms with van der Waals surface area (Å²) in [6.07, 6.45) is 3.86. The van der Waals surface area contributed by atoms with E-state index in [0.29, 0.717) is 17.8 Å². The van der Waals surface area contributed by atoms with Crippen molar-refractivity contribution in [1.82, 2.24) is 4.90 Å². The largest absolute Gasteiger partial charge is 0.292 e. The van der Waals surface area contributed by atoms with Gasteiger partial charge in [-0.15, -0.1) is 0 Å². The molecule has 2 aliphatic rings. The van der Waals surface area contributed by atoms with Crippen LogP contribution in [0.25, 0.3) is 0 Å². The Labute approximate surface area is 99.6 Å². The summed E-state index contributed by atoms with van der Waals surface area (Å²) >= 11 is 0. The Morgan fingerprint density at radius 3 is 2.38 bits per heavy atom. The van der Waals surface area contributed by atoms with Gasteiger partial charge in [-0.3, -0.25) is 13.9 Å². The third-order valence-electron chi connectivity index (χ3n) is 4.00. The topological polar surface area (TPSA) is 44.2 Å². The van der Waals surface area contributed by atoms with E-state index in [9.17, 15) is 4.21 Å². The van der Waals surface area contributed by atoms with Gasteiger partial charge in [-0.1, -0.05) is 0 Å². The zero-order valence-electron chi connectivity index (χ0n) is 11.0. The van der Waals surface area contributed by atoms with Crippen LogP contribution in [0.5, 0.6) is 0 Å². The Balaban J connectivity index is 2.17. The molecule has 2 rings (SSSR count). The van der Waals surface area contributed by atoms with E-state index >= 15 is 0 Å². The van der Waals surface area contributed by atoms with Crippen LogP contribution < -0.4 is 0 Å². The van der Waals surface area contributed by atoms with E-state index in [0.717, 1.165) is 12.8 Å². The van der Waals surface area contributed by atoms with Crippen molar-refractivity contribution in [3.63, 3.8) is 0 Å². The highest BCUT2D eigenvalue weighted by Gasteiger charge is 2.65. The number of fused-ring (bicyclic) bond motifs is 1. The second-order valence-corrected chi connectivity index (χ2v) is 9.16. The molecule has 0 aromatic carbocycles. The zero-order valence-corrected chi connectivity index (χ0v) is 11.9. The molecule has 1 unspecified atom stereocenters. The van der Waals surface area contributed by atoms with E-state index in [-0.39, 0.29) is 11.0 Å². The van der Waals surface area contributed by atoms with Crippen LogP contribution in [0, 0.1) is 10.2 Å². The predicted molar refractivity (Wildman–Crippen MR) is 68.2 cm³/mol. The van der Waals surface area contributed by atoms with Crippen LogP contribution in [0.4, 0.5) is 0 Å². The lowest BCUT2D eigenvalue weighted by atomic mass is 10.0. The number of nitrogens with one attached hydrogen (secondary N) is 1. The minimum absolute atomic E-state index is 0.193. The fraction of sp³-hybridized carbons (Fsp3) is 1.00. The standard InChI is InChI=1S/C12H24N2OS/c1-9-6-12(8-16(5,13)15)7-10(12)14(9)11(2,3)4/h9-10,13H,6-8H2,1-5H3/t9-,10-,12+,16?/m1/s1. The lowest BCUT2D eigenvalue weighted by Gasteiger charge is -2.37. The smallest absolute Gasteiger partial charge is 0.0418 e. The van der Waals surface area contributed by atoms with Gasteiger partial charge in [0.05, 0.1) is 0 Å². The number of likely N-dealkylation sites (tertiary alicyclic amines) is 1. The molecule has 0 aromatic rings. The molecule has 4 heteroatoms. The molecule has 0 radical (unpaired) electrons. The first-order valence-corrected chi connectivity index (χ1v) is 8.19. The number of hydrogen-bond acceptors (Lipinski definition) is 3. The van der Waals surface area contributed by atoms with Crippen molar-refractivity contribution in [2.24, 2.45) is 5.41 Å². The maximum atomic E-state index is 11.7. The van der Waals surface area contributed by atoms with Crippen molar-refractivity contribution in [3.8, 4) is 0 Å². The zero-order chi connectivity index (χ0) is 12.4. The average Bonchev–Trinajstić information content (AvgIpc) is 2.47. The lowest BCUT2D eigenvalue weighted by Crippen LogP contribution is -2.45. The molecule has 1 aliphatic heterocycles. The van der Waals surface area contributed by atoms with Crippen molar-refractivity contribution in [1.29, 1.82) is 4.78 Å². The summed E-state index contributed by atoms with van der Waals surface area (Å²) in [5.41, 5.74) is 0.402. The molecule has 1 saturated heterocycles. The van der Waals surface area contributed by atoms with Gasteiger partial charge in [-0.05, 0) is 40.5 Å². The Bertz CT molecular complexity index is 396. The van der Waals surface area contributed by atoms with E-state index in [1.165, 1.54) is 0 Å². The molecule has 3 nitrogen and oxygen atoms in total. The molecule has 4 atom stereocenters. The minimum atomic E-state index is -2.34. The Kier molecular flexibility index (Phi) is 2.49. The van der Waals surface area contributed by atoms with E-state index in [1.807, 2.05) is 0 Å². The molecule has 16 heavy (non-hydrogen) atoms. The van der Waals surface area contributed by atoms with Gasteiger partial charge in [-0.2, -0.15) is 0 Å². The second kappa shape index (κ2) is 3.22. The van der Waals surface area contributed by atoms with Crippen molar-refractivity contribution in [2.45, 2.75) is 58.2 Å². The van der Waals surface area contributed by atoms with Crippen molar-refractivity contribution in [2.75, 3.05) is 12.0 Å². The Morgan fingerprint density at radius 2 is 2.00 bits per heavy atom. The van der Waals surface area contributed by atoms with Crippen LogP contribution in [0.1, 0.15) is 40.5 Å². The summed E-state index contributed by atoms with van der Waals surface area (Å²) in [4.78, 5) is 2.57. The first-order chi connectivity index (χ1) is 7.05. The molecule has 1 heterocycles. The van der Waals surface area contributed by atoms with Crippen molar-refractivity contribution >= 4 is 9.73 Å². The summed E-state index contributed by atoms with van der Waals surface area (Å²) in [5.74, 6) is 0.599. The molecule has 0 aromatic heterocycles. The summed E-state index contributed by atoms with van der Waals surface area (Å²) in [7, 11) is -2.34. The van der Waals surface area contributed by atoms with E-state index in [2.05, 4.69) is 32.6 Å². The highest BCUT2D eigenvalue weighted by Crippen LogP contribution is 2.61. The molecule has 1 saturated carbocycles. The van der Waals surface area contributed by atoms with E-state index < -0.39 is 9.73 Å². The van der Waals surface area contributed by atoms with Crippen LogP contribution >= 0.6 is 0 Å². The first-order valence-electron chi connectivity index (χ1n) is 6.05. The molecular formula is C12H24N2OS. The quantitative estimate of drug-likeness (QED) is 0.810. The first kappa shape index (κ1) is 12.4. The van der Waals surface area contributed by atoms with Gasteiger partial charge in [0, 0.05) is 44.8 Å². The third kappa shape index (κ3) is 2.02. The molecule has 0 amide bonds. The van der Waals surface area contributed by atoms with Crippen LogP contribution in [-0.2, 0) is 9.73 Å². The molecule has 94 valence electrons. The van der Waals surface area contributed by atoms with Gasteiger partial charge in [0.2, 0.25) is 0 Å². The highest BCUT2D eigenvalue weighted by atomic mass is 32.2. The summed E-state index contributed by atoms with van der Waals surface area (Å²) in [6, 6.07) is 1.15. The van der Waals surface area contributed by atoms with Gasteiger partial charge in [0.15, 0.2) is 0 Å². The van der Waals surface area contributed by atoms with Crippen LogP contribution in [0.2, 0.25) is 0 Å². The number of hydrogen-bond donors (Lipinski definition) is 1. The third-order valence-corrected chi connectivity index (χ3v) is 5.12. The molecule has 1 aliphatic carbocycles. The average molecular weight is 244 g/mol. The van der Waals surface area contributed by atoms with Crippen molar-refractivity contribution < 1.29 is 4.21 Å². The SMILES string of the molecule is C[C@@H]1C[C@@]2(CS(C)(=N)=O)C[C@H]2N1C(C)(C)C. The maximum Gasteiger partial charge on any atom is 0.0418 e. The van der Waals surface area contributed by atoms with Crippen molar-refractivity contribution in [3.05, 3.63) is 0 Å². The van der Waals surface area contributed by atoms with Crippen LogP contribution in [-0.4, -0.2) is 38.7 Å². The summed E-state index contributed by atoms with van der Waals surface area (Å²) in [6.45, 7) is 9.02. The van der Waals surface area contributed by atoms with E-state index in [1.54, 1.807) is 6.26 Å². The normalized spacial score (nSPS) is 42.8. The van der Waals surface area contributed by atoms with Gasteiger partial charge >= 0.3 is 0 Å². The van der Waals surface area contributed by atoms with Gasteiger partial charge in [0.1, 0.15) is 0 Å². The Morgan fingerprint density at radius 1 is 1.44 bits per heavy atom. The van der Waals surface area contributed by atoms with E-state index in [4.69, 9.17) is 4.78 Å². The predicted octanol–water partition coefficient (Wildman–Crippen LogP) is 2.31. The fourth-order valence-corrected chi connectivity index (χ4v) is 5.35. The minimum Gasteiger partial charge on any atom is -0.292 e.